The Morgan fingerprint density at radius 1 is 0.800 bits per heavy atom. The summed E-state index contributed by atoms with van der Waals surface area (Å²) in [6, 6.07) is 19.0. The minimum atomic E-state index is -2.07. The van der Waals surface area contributed by atoms with E-state index in [9.17, 15) is 19.2 Å². The lowest BCUT2D eigenvalue weighted by Gasteiger charge is -2.27. The summed E-state index contributed by atoms with van der Waals surface area (Å²) in [5, 5.41) is 0. The molecule has 0 aromatic heterocycles. The normalized spacial score (nSPS) is 24.4. The van der Waals surface area contributed by atoms with Gasteiger partial charge >= 0.3 is 0 Å². The van der Waals surface area contributed by atoms with Gasteiger partial charge in [0.15, 0.2) is 0 Å². The molecule has 2 fully saturated rings. The van der Waals surface area contributed by atoms with E-state index in [1.54, 1.807) is 54.6 Å². The minimum absolute atomic E-state index is 0.217. The van der Waals surface area contributed by atoms with Gasteiger partial charge in [0.2, 0.25) is 29.0 Å². The third-order valence-corrected chi connectivity index (χ3v) is 8.20. The predicted molar refractivity (Wildman–Crippen MR) is 131 cm³/mol. The summed E-state index contributed by atoms with van der Waals surface area (Å²) >= 11 is 3.51. The fourth-order valence-corrected chi connectivity index (χ4v) is 6.14. The van der Waals surface area contributed by atoms with Gasteiger partial charge in [-0.25, -0.2) is 4.90 Å². The third-order valence-electron chi connectivity index (χ3n) is 7.48. The zero-order valence-electron chi connectivity index (χ0n) is 18.9. The molecule has 35 heavy (non-hydrogen) atoms. The van der Waals surface area contributed by atoms with Crippen LogP contribution < -0.4 is 4.90 Å². The first-order valence-electron chi connectivity index (χ1n) is 11.3. The Balaban J connectivity index is 1.56. The lowest BCUT2D eigenvalue weighted by molar-refractivity contribution is -0.127. The minimum Gasteiger partial charge on any atom is -0.349 e. The van der Waals surface area contributed by atoms with Crippen LogP contribution in [0.25, 0.3) is 0 Å². The maximum atomic E-state index is 14.0. The van der Waals surface area contributed by atoms with Gasteiger partial charge in [-0.3, -0.25) is 19.2 Å². The summed E-state index contributed by atoms with van der Waals surface area (Å²) in [6.45, 7) is 3.85. The van der Waals surface area contributed by atoms with Crippen LogP contribution in [0.5, 0.6) is 0 Å². The summed E-state index contributed by atoms with van der Waals surface area (Å²) in [4.78, 5) is 56.6. The van der Waals surface area contributed by atoms with Gasteiger partial charge in [-0.2, -0.15) is 0 Å². The second-order valence-electron chi connectivity index (χ2n) is 9.28. The van der Waals surface area contributed by atoms with Crippen LogP contribution in [0.3, 0.4) is 0 Å². The highest BCUT2D eigenvalue weighted by atomic mass is 79.9. The van der Waals surface area contributed by atoms with Gasteiger partial charge in [0.05, 0.1) is 23.6 Å². The van der Waals surface area contributed by atoms with Gasteiger partial charge in [0.1, 0.15) is 0 Å². The van der Waals surface area contributed by atoms with Crippen molar-refractivity contribution in [2.75, 3.05) is 4.90 Å². The van der Waals surface area contributed by atoms with Gasteiger partial charge in [-0.05, 0) is 48.7 Å². The molecule has 1 spiro atoms. The Bertz CT molecular complexity index is 1440. The molecule has 174 valence electrons. The van der Waals surface area contributed by atoms with E-state index in [1.807, 2.05) is 26.0 Å². The van der Waals surface area contributed by atoms with Crippen LogP contribution in [0.1, 0.15) is 43.5 Å². The number of hydrogen-bond acceptors (Lipinski definition) is 5. The lowest BCUT2D eigenvalue weighted by atomic mass is 9.77. The van der Waals surface area contributed by atoms with Gasteiger partial charge in [0, 0.05) is 15.6 Å². The summed E-state index contributed by atoms with van der Waals surface area (Å²) in [7, 11) is 0. The topological polar surface area (TPSA) is 80.8 Å². The summed E-state index contributed by atoms with van der Waals surface area (Å²) in [6.07, 6.45) is -0.953. The largest absolute Gasteiger partial charge is 0.349 e. The molecule has 7 heteroatoms. The number of ether oxygens (including phenoxy) is 1. The molecular weight excluding hydrogens is 510 g/mol. The van der Waals surface area contributed by atoms with Crippen molar-refractivity contribution in [3.8, 4) is 0 Å². The van der Waals surface area contributed by atoms with E-state index in [1.165, 1.54) is 0 Å². The highest BCUT2D eigenvalue weighted by Crippen LogP contribution is 2.58. The van der Waals surface area contributed by atoms with Crippen molar-refractivity contribution in [3.05, 3.63) is 99.0 Å². The number of nitrogens with zero attached hydrogens (tertiary/aromatic N) is 1. The number of carbonyl (C=O) groups excluding carboxylic acids is 4. The Kier molecular flexibility index (Phi) is 4.75. The van der Waals surface area contributed by atoms with Crippen molar-refractivity contribution in [2.45, 2.75) is 25.6 Å². The van der Waals surface area contributed by atoms with Gasteiger partial charge in [-0.15, -0.1) is 0 Å². The molecule has 0 saturated carbocycles. The van der Waals surface area contributed by atoms with Crippen LogP contribution in [-0.4, -0.2) is 29.0 Å². The van der Waals surface area contributed by atoms with E-state index in [2.05, 4.69) is 15.9 Å². The second-order valence-corrected chi connectivity index (χ2v) is 10.1. The van der Waals surface area contributed by atoms with E-state index in [0.717, 1.165) is 16.0 Å². The zero-order chi connectivity index (χ0) is 24.6. The number of anilines is 1. The quantitative estimate of drug-likeness (QED) is 0.353. The SMILES string of the molecule is Cc1ccc(N2C(=O)C3C(c4ccccc4Br)OC4(C(=O)c5ccccc5C4=O)C3C2=O)cc1C. The average Bonchev–Trinajstić information content (AvgIpc) is 3.41. The number of hydrogen-bond donors (Lipinski definition) is 0. The number of carbonyl (C=O) groups is 4. The van der Waals surface area contributed by atoms with Crippen molar-refractivity contribution in [2.24, 2.45) is 11.8 Å². The van der Waals surface area contributed by atoms with Crippen molar-refractivity contribution < 1.29 is 23.9 Å². The maximum absolute atomic E-state index is 14.0. The standard InChI is InChI=1S/C28H20BrNO5/c1-14-11-12-16(13-15(14)2)30-26(33)21-22(27(30)34)28(35-23(21)19-9-5-6-10-20(19)29)24(31)17-7-3-4-8-18(17)25(28)32/h3-13,21-23H,1-2H3. The molecule has 2 heterocycles. The number of fused-ring (bicyclic) bond motifs is 3. The van der Waals surface area contributed by atoms with E-state index >= 15 is 0 Å². The Morgan fingerprint density at radius 3 is 2.06 bits per heavy atom. The molecule has 3 atom stereocenters. The highest BCUT2D eigenvalue weighted by Gasteiger charge is 2.74. The van der Waals surface area contributed by atoms with E-state index in [4.69, 9.17) is 4.74 Å². The average molecular weight is 530 g/mol. The van der Waals surface area contributed by atoms with Crippen molar-refractivity contribution in [1.82, 2.24) is 0 Å². The van der Waals surface area contributed by atoms with Crippen molar-refractivity contribution >= 4 is 45.0 Å². The summed E-state index contributed by atoms with van der Waals surface area (Å²) in [5.41, 5.74) is 1.34. The molecule has 0 N–H and O–H groups in total. The molecule has 3 aliphatic rings. The first-order valence-corrected chi connectivity index (χ1v) is 12.1. The predicted octanol–water partition coefficient (Wildman–Crippen LogP) is 4.76. The smallest absolute Gasteiger partial charge is 0.241 e. The third kappa shape index (κ3) is 2.79. The van der Waals surface area contributed by atoms with Crippen LogP contribution in [0.4, 0.5) is 5.69 Å². The maximum Gasteiger partial charge on any atom is 0.241 e. The molecule has 0 radical (unpaired) electrons. The van der Waals surface area contributed by atoms with Crippen molar-refractivity contribution in [3.63, 3.8) is 0 Å². The first kappa shape index (κ1) is 22.1. The van der Waals surface area contributed by atoms with E-state index < -0.39 is 46.9 Å². The highest BCUT2D eigenvalue weighted by molar-refractivity contribution is 9.10. The van der Waals surface area contributed by atoms with Crippen LogP contribution >= 0.6 is 15.9 Å². The molecule has 3 aromatic carbocycles. The number of amides is 2. The molecule has 2 aliphatic heterocycles. The molecular formula is C28H20BrNO5. The van der Waals surface area contributed by atoms with E-state index in [-0.39, 0.29) is 11.1 Å². The van der Waals surface area contributed by atoms with Gasteiger partial charge in [0.25, 0.3) is 0 Å². The van der Waals surface area contributed by atoms with Crippen molar-refractivity contribution in [1.29, 1.82) is 0 Å². The second kappa shape index (κ2) is 7.54. The fraction of sp³-hybridized carbons (Fsp3) is 0.214. The zero-order valence-corrected chi connectivity index (χ0v) is 20.5. The van der Waals surface area contributed by atoms with Crippen LogP contribution in [-0.2, 0) is 14.3 Å². The van der Waals surface area contributed by atoms with E-state index in [0.29, 0.717) is 15.7 Å². The molecule has 1 aliphatic carbocycles. The number of rotatable bonds is 2. The molecule has 2 amide bonds. The van der Waals surface area contributed by atoms with Crippen LogP contribution in [0.2, 0.25) is 0 Å². The molecule has 3 aromatic rings. The number of Topliss-reactive ketones (excluding diaryl/α,β-unsaturated/α-hetero) is 2. The summed E-state index contributed by atoms with van der Waals surface area (Å²) < 4.78 is 6.99. The fourth-order valence-electron chi connectivity index (χ4n) is 5.62. The molecule has 6 nitrogen and oxygen atoms in total. The van der Waals surface area contributed by atoms with Crippen LogP contribution in [0, 0.1) is 25.7 Å². The number of imide groups is 1. The van der Waals surface area contributed by atoms with Gasteiger partial charge < -0.3 is 4.74 Å². The Labute approximate surface area is 210 Å². The molecule has 3 unspecified atom stereocenters. The lowest BCUT2D eigenvalue weighted by Crippen LogP contribution is -2.51. The molecule has 6 rings (SSSR count). The Hall–Kier alpha value is -3.42. The number of halogens is 1. The molecule has 2 saturated heterocycles. The Morgan fingerprint density at radius 2 is 1.43 bits per heavy atom. The first-order chi connectivity index (χ1) is 16.8. The summed E-state index contributed by atoms with van der Waals surface area (Å²) in [5.74, 6) is -4.48. The number of benzene rings is 3. The molecule has 0 bridgehead atoms. The van der Waals surface area contributed by atoms with Gasteiger partial charge in [-0.1, -0.05) is 64.5 Å². The number of ketones is 2. The van der Waals surface area contributed by atoms with Crippen LogP contribution in [0.15, 0.2) is 71.2 Å². The number of aryl methyl sites for hydroxylation is 2. The monoisotopic (exact) mass is 529 g/mol.